The van der Waals surface area contributed by atoms with Gasteiger partial charge in [0.1, 0.15) is 24.3 Å². The Morgan fingerprint density at radius 1 is 1.00 bits per heavy atom. The molecule has 0 spiro atoms. The van der Waals surface area contributed by atoms with Crippen molar-refractivity contribution in [3.8, 4) is 24.3 Å². The lowest BCUT2D eigenvalue weighted by atomic mass is 9.95. The number of nitrogens with one attached hydrogen (secondary N) is 2. The molecule has 9 nitrogen and oxygen atoms in total. The molecule has 1 saturated heterocycles. The summed E-state index contributed by atoms with van der Waals surface area (Å²) in [7, 11) is -0.150. The van der Waals surface area contributed by atoms with Crippen molar-refractivity contribution < 1.29 is 4.52 Å². The Labute approximate surface area is 109 Å². The molecule has 2 rings (SSSR count). The molecular weight excluding hydrogens is 267 g/mol. The van der Waals surface area contributed by atoms with Gasteiger partial charge in [0.05, 0.1) is 0 Å². The van der Waals surface area contributed by atoms with E-state index in [9.17, 15) is 10.5 Å². The van der Waals surface area contributed by atoms with Crippen molar-refractivity contribution in [2.45, 2.75) is 11.3 Å². The average molecular weight is 272 g/mol. The molecule has 92 valence electrons. The molecule has 0 radical (unpaired) electrons. The standard InChI is InChI=1S/C9H5N8OP/c1-18-19-16-8(4-12)9(5-13,17-19)15-7(3-11)6(2-10)14-8/h16-17H,1H3. The van der Waals surface area contributed by atoms with Crippen LogP contribution in [0.2, 0.25) is 0 Å². The van der Waals surface area contributed by atoms with Gasteiger partial charge in [-0.1, -0.05) is 0 Å². The van der Waals surface area contributed by atoms with E-state index in [0.29, 0.717) is 0 Å². The summed E-state index contributed by atoms with van der Waals surface area (Å²) >= 11 is 0. The van der Waals surface area contributed by atoms with Crippen LogP contribution in [0.4, 0.5) is 0 Å². The van der Waals surface area contributed by atoms with E-state index in [1.165, 1.54) is 7.11 Å². The molecule has 2 unspecified atom stereocenters. The van der Waals surface area contributed by atoms with E-state index in [-0.39, 0.29) is 11.4 Å². The molecule has 0 aromatic heterocycles. The summed E-state index contributed by atoms with van der Waals surface area (Å²) in [5.74, 6) is 0. The second-order valence-corrected chi connectivity index (χ2v) is 4.89. The third kappa shape index (κ3) is 1.59. The van der Waals surface area contributed by atoms with E-state index in [2.05, 4.69) is 20.2 Å². The highest BCUT2D eigenvalue weighted by molar-refractivity contribution is 7.48. The smallest absolute Gasteiger partial charge is 0.258 e. The molecule has 2 heterocycles. The maximum Gasteiger partial charge on any atom is 0.258 e. The number of nitriles is 4. The molecule has 10 heteroatoms. The first kappa shape index (κ1) is 13.1. The van der Waals surface area contributed by atoms with E-state index in [1.54, 1.807) is 12.1 Å². The fourth-order valence-electron chi connectivity index (χ4n) is 1.65. The van der Waals surface area contributed by atoms with Gasteiger partial charge in [0.15, 0.2) is 19.9 Å². The summed E-state index contributed by atoms with van der Waals surface area (Å²) in [5.41, 5.74) is -4.15. The Bertz CT molecular complexity index is 602. The third-order valence-corrected chi connectivity index (χ3v) is 3.97. The number of aliphatic imine (C=N–C) groups is 2. The Kier molecular flexibility index (Phi) is 3.00. The van der Waals surface area contributed by atoms with Crippen molar-refractivity contribution in [1.82, 2.24) is 10.2 Å². The number of rotatable bonds is 1. The molecular formula is C9H5N8OP. The summed E-state index contributed by atoms with van der Waals surface area (Å²) in [4.78, 5) is 7.77. The van der Waals surface area contributed by atoms with Crippen LogP contribution in [-0.2, 0) is 4.52 Å². The van der Waals surface area contributed by atoms with Crippen LogP contribution in [-0.4, -0.2) is 29.9 Å². The number of hydrogen-bond donors (Lipinski definition) is 2. The molecule has 2 N–H and O–H groups in total. The molecule has 19 heavy (non-hydrogen) atoms. The molecule has 1 fully saturated rings. The summed E-state index contributed by atoms with van der Waals surface area (Å²) in [6.07, 6.45) is 0. The zero-order valence-corrected chi connectivity index (χ0v) is 10.4. The number of nitrogens with zero attached hydrogens (tertiary/aromatic N) is 6. The van der Waals surface area contributed by atoms with Crippen LogP contribution < -0.4 is 10.2 Å². The van der Waals surface area contributed by atoms with Gasteiger partial charge in [0.2, 0.25) is 0 Å². The SMILES string of the molecule is COP1NC2(C#N)N=C(C#N)C(C#N)=NC2(C#N)N1. The first-order valence-electron chi connectivity index (χ1n) is 4.83. The molecule has 0 bridgehead atoms. The topological polar surface area (TPSA) is 153 Å². The Hall–Kier alpha value is -2.39. The van der Waals surface area contributed by atoms with E-state index in [0.717, 1.165) is 0 Å². The lowest BCUT2D eigenvalue weighted by molar-refractivity contribution is 0.358. The van der Waals surface area contributed by atoms with Crippen LogP contribution >= 0.6 is 8.45 Å². The Morgan fingerprint density at radius 3 is 1.68 bits per heavy atom. The van der Waals surface area contributed by atoms with Crippen molar-refractivity contribution in [2.75, 3.05) is 7.11 Å². The van der Waals surface area contributed by atoms with Crippen LogP contribution in [0.25, 0.3) is 0 Å². The molecule has 2 aliphatic rings. The summed E-state index contributed by atoms with van der Waals surface area (Å²) < 4.78 is 5.03. The van der Waals surface area contributed by atoms with Crippen molar-refractivity contribution in [3.63, 3.8) is 0 Å². The van der Waals surface area contributed by atoms with Crippen molar-refractivity contribution in [3.05, 3.63) is 0 Å². The van der Waals surface area contributed by atoms with Crippen LogP contribution in [0, 0.1) is 45.3 Å². The van der Waals surface area contributed by atoms with Crippen LogP contribution in [0.1, 0.15) is 0 Å². The summed E-state index contributed by atoms with van der Waals surface area (Å²) in [6, 6.07) is 7.03. The molecule has 0 aromatic carbocycles. The normalized spacial score (nSPS) is 35.7. The predicted molar refractivity (Wildman–Crippen MR) is 63.0 cm³/mol. The minimum atomic E-state index is -1.78. The van der Waals surface area contributed by atoms with Gasteiger partial charge in [-0.05, 0) is 0 Å². The van der Waals surface area contributed by atoms with E-state index < -0.39 is 19.8 Å². The fourth-order valence-corrected chi connectivity index (χ4v) is 3.00. The average Bonchev–Trinajstić information content (AvgIpc) is 2.80. The van der Waals surface area contributed by atoms with E-state index in [4.69, 9.17) is 15.0 Å². The Balaban J connectivity index is 2.68. The largest absolute Gasteiger partial charge is 0.335 e. The van der Waals surface area contributed by atoms with Crippen LogP contribution in [0.15, 0.2) is 9.98 Å². The molecule has 2 aliphatic heterocycles. The maximum atomic E-state index is 9.32. The Morgan fingerprint density at radius 2 is 1.42 bits per heavy atom. The maximum absolute atomic E-state index is 9.32. The van der Waals surface area contributed by atoms with Gasteiger partial charge in [-0.15, -0.1) is 0 Å². The summed E-state index contributed by atoms with van der Waals surface area (Å²) in [6.45, 7) is 0. The van der Waals surface area contributed by atoms with Gasteiger partial charge in [-0.2, -0.15) is 21.0 Å². The summed E-state index contributed by atoms with van der Waals surface area (Å²) in [5, 5.41) is 41.9. The predicted octanol–water partition coefficient (Wildman–Crippen LogP) is -0.565. The highest BCUT2D eigenvalue weighted by Crippen LogP contribution is 2.47. The second-order valence-electron chi connectivity index (χ2n) is 3.49. The van der Waals surface area contributed by atoms with Gasteiger partial charge < -0.3 is 4.52 Å². The first-order valence-corrected chi connectivity index (χ1v) is 6.09. The lowest BCUT2D eigenvalue weighted by Gasteiger charge is -2.30. The highest BCUT2D eigenvalue weighted by atomic mass is 31.2. The number of hydrogen-bond acceptors (Lipinski definition) is 9. The van der Waals surface area contributed by atoms with Crippen LogP contribution in [0.3, 0.4) is 0 Å². The van der Waals surface area contributed by atoms with Crippen molar-refractivity contribution in [2.24, 2.45) is 9.98 Å². The first-order chi connectivity index (χ1) is 9.10. The lowest BCUT2D eigenvalue weighted by Crippen LogP contribution is -2.59. The molecule has 0 saturated carbocycles. The zero-order valence-electron chi connectivity index (χ0n) is 9.54. The van der Waals surface area contributed by atoms with Gasteiger partial charge in [-0.3, -0.25) is 0 Å². The minimum absolute atomic E-state index is 0.294. The molecule has 0 aromatic rings. The van der Waals surface area contributed by atoms with Gasteiger partial charge in [-0.25, -0.2) is 20.2 Å². The monoisotopic (exact) mass is 272 g/mol. The van der Waals surface area contributed by atoms with E-state index in [1.807, 2.05) is 12.1 Å². The quantitative estimate of drug-likeness (QED) is 0.606. The number of fused-ring (bicyclic) bond motifs is 1. The van der Waals surface area contributed by atoms with Crippen molar-refractivity contribution >= 4 is 19.9 Å². The van der Waals surface area contributed by atoms with E-state index >= 15 is 0 Å². The highest BCUT2D eigenvalue weighted by Gasteiger charge is 2.64. The fraction of sp³-hybridized carbons (Fsp3) is 0.333. The molecule has 2 atom stereocenters. The van der Waals surface area contributed by atoms with Gasteiger partial charge in [0, 0.05) is 7.11 Å². The molecule has 0 aliphatic carbocycles. The molecule has 0 amide bonds. The van der Waals surface area contributed by atoms with Crippen molar-refractivity contribution in [1.29, 1.82) is 21.0 Å². The van der Waals surface area contributed by atoms with Gasteiger partial charge in [0.25, 0.3) is 11.3 Å². The van der Waals surface area contributed by atoms with Crippen LogP contribution in [0.5, 0.6) is 0 Å². The third-order valence-electron chi connectivity index (χ3n) is 2.55. The van der Waals surface area contributed by atoms with Gasteiger partial charge >= 0.3 is 0 Å². The second kappa shape index (κ2) is 4.37. The zero-order chi connectivity index (χ0) is 14.1. The minimum Gasteiger partial charge on any atom is -0.335 e.